The van der Waals surface area contributed by atoms with Gasteiger partial charge in [-0.05, 0) is 32.8 Å². The van der Waals surface area contributed by atoms with E-state index >= 15 is 0 Å². The Bertz CT molecular complexity index is 640. The third kappa shape index (κ3) is 4.88. The number of ether oxygens (including phenoxy) is 1. The fourth-order valence-corrected chi connectivity index (χ4v) is 3.45. The number of rotatable bonds is 7. The van der Waals surface area contributed by atoms with Crippen LogP contribution in [0.4, 0.5) is 0 Å². The molecule has 0 N–H and O–H groups in total. The highest BCUT2D eigenvalue weighted by Crippen LogP contribution is 2.28. The van der Waals surface area contributed by atoms with Crippen molar-refractivity contribution in [3.8, 4) is 0 Å². The molecule has 0 saturated heterocycles. The third-order valence-electron chi connectivity index (χ3n) is 3.90. The Hall–Kier alpha value is -1.72. The van der Waals surface area contributed by atoms with E-state index in [1.165, 1.54) is 5.56 Å². The average Bonchev–Trinajstić information content (AvgIpc) is 2.89. The first-order valence-electron chi connectivity index (χ1n) is 7.80. The Balaban J connectivity index is 1.79. The van der Waals surface area contributed by atoms with Crippen LogP contribution in [0.2, 0.25) is 0 Å². The summed E-state index contributed by atoms with van der Waals surface area (Å²) >= 11 is 1.65. The fourth-order valence-electron chi connectivity index (χ4n) is 2.42. The molecule has 5 heteroatoms. The second-order valence-corrected chi connectivity index (χ2v) is 6.89. The molecule has 0 aliphatic heterocycles. The van der Waals surface area contributed by atoms with Crippen LogP contribution in [-0.4, -0.2) is 36.1 Å². The number of hydrogen-bond donors (Lipinski definition) is 0. The Kier molecular flexibility index (Phi) is 6.30. The molecule has 2 aromatic rings. The van der Waals surface area contributed by atoms with Crippen LogP contribution < -0.4 is 0 Å². The Morgan fingerprint density at radius 2 is 2.00 bits per heavy atom. The van der Waals surface area contributed by atoms with Crippen LogP contribution >= 0.6 is 11.3 Å². The third-order valence-corrected chi connectivity index (χ3v) is 5.14. The maximum Gasteiger partial charge on any atom is 0.248 e. The van der Waals surface area contributed by atoms with Gasteiger partial charge in [0.25, 0.3) is 0 Å². The van der Waals surface area contributed by atoms with Gasteiger partial charge in [-0.3, -0.25) is 4.79 Å². The molecule has 1 aromatic heterocycles. The summed E-state index contributed by atoms with van der Waals surface area (Å²) in [6, 6.07) is 10.2. The van der Waals surface area contributed by atoms with Gasteiger partial charge in [0.05, 0.1) is 23.4 Å². The van der Waals surface area contributed by atoms with Crippen LogP contribution in [0.15, 0.2) is 30.3 Å². The van der Waals surface area contributed by atoms with Crippen LogP contribution in [0.3, 0.4) is 0 Å². The van der Waals surface area contributed by atoms with Crippen LogP contribution in [-0.2, 0) is 16.0 Å². The van der Waals surface area contributed by atoms with E-state index in [-0.39, 0.29) is 18.6 Å². The first-order chi connectivity index (χ1) is 11.0. The number of aryl methyl sites for hydroxylation is 2. The lowest BCUT2D eigenvalue weighted by Gasteiger charge is -2.24. The number of likely N-dealkylation sites (N-methyl/N-ethyl adjacent to an activating group) is 1. The van der Waals surface area contributed by atoms with E-state index in [9.17, 15) is 4.79 Å². The Morgan fingerprint density at radius 1 is 1.30 bits per heavy atom. The Morgan fingerprint density at radius 3 is 2.61 bits per heavy atom. The molecule has 0 spiro atoms. The predicted molar refractivity (Wildman–Crippen MR) is 93.7 cm³/mol. The number of amides is 1. The van der Waals surface area contributed by atoms with Gasteiger partial charge in [0.1, 0.15) is 6.61 Å². The van der Waals surface area contributed by atoms with Gasteiger partial charge in [-0.15, -0.1) is 11.3 Å². The number of carbonyl (C=O) groups excluding carboxylic acids is 1. The van der Waals surface area contributed by atoms with Crippen molar-refractivity contribution >= 4 is 17.2 Å². The van der Waals surface area contributed by atoms with Gasteiger partial charge in [-0.1, -0.05) is 30.3 Å². The highest BCUT2D eigenvalue weighted by Gasteiger charge is 2.21. The number of carbonyl (C=O) groups is 1. The monoisotopic (exact) mass is 332 g/mol. The first-order valence-corrected chi connectivity index (χ1v) is 8.62. The lowest BCUT2D eigenvalue weighted by Crippen LogP contribution is -2.32. The van der Waals surface area contributed by atoms with Crippen LogP contribution in [0.5, 0.6) is 0 Å². The van der Waals surface area contributed by atoms with Gasteiger partial charge in [0, 0.05) is 11.9 Å². The van der Waals surface area contributed by atoms with Gasteiger partial charge in [-0.25, -0.2) is 4.98 Å². The second kappa shape index (κ2) is 8.22. The molecule has 1 heterocycles. The lowest BCUT2D eigenvalue weighted by atomic mass is 10.2. The van der Waals surface area contributed by atoms with E-state index in [0.717, 1.165) is 22.0 Å². The van der Waals surface area contributed by atoms with E-state index in [1.807, 2.05) is 46.0 Å². The fraction of sp³-hybridized carbons (Fsp3) is 0.444. The maximum atomic E-state index is 12.3. The van der Waals surface area contributed by atoms with Crippen molar-refractivity contribution in [3.63, 3.8) is 0 Å². The number of benzene rings is 1. The lowest BCUT2D eigenvalue weighted by molar-refractivity contribution is -0.136. The van der Waals surface area contributed by atoms with Crippen molar-refractivity contribution in [2.24, 2.45) is 0 Å². The van der Waals surface area contributed by atoms with Gasteiger partial charge >= 0.3 is 0 Å². The number of aromatic nitrogens is 1. The zero-order valence-electron chi connectivity index (χ0n) is 14.2. The number of thiazole rings is 1. The summed E-state index contributed by atoms with van der Waals surface area (Å²) in [6.07, 6.45) is 0.820. The topological polar surface area (TPSA) is 42.4 Å². The molecule has 0 bridgehead atoms. The normalized spacial score (nSPS) is 12.2. The molecule has 1 amide bonds. The summed E-state index contributed by atoms with van der Waals surface area (Å²) in [7, 11) is 1.82. The van der Waals surface area contributed by atoms with E-state index < -0.39 is 0 Å². The van der Waals surface area contributed by atoms with E-state index in [4.69, 9.17) is 4.74 Å². The molecule has 1 aromatic carbocycles. The minimum absolute atomic E-state index is 0.00369. The molecule has 0 saturated carbocycles. The van der Waals surface area contributed by atoms with Gasteiger partial charge < -0.3 is 9.64 Å². The molecule has 124 valence electrons. The smallest absolute Gasteiger partial charge is 0.248 e. The predicted octanol–water partition coefficient (Wildman–Crippen LogP) is 3.54. The molecule has 4 nitrogen and oxygen atoms in total. The maximum absolute atomic E-state index is 12.3. The van der Waals surface area contributed by atoms with Crippen molar-refractivity contribution in [2.45, 2.75) is 33.2 Å². The van der Waals surface area contributed by atoms with Crippen LogP contribution in [0, 0.1) is 13.8 Å². The van der Waals surface area contributed by atoms with Gasteiger partial charge in [-0.2, -0.15) is 0 Å². The molecule has 0 radical (unpaired) electrons. The van der Waals surface area contributed by atoms with Crippen LogP contribution in [0.25, 0.3) is 0 Å². The average molecular weight is 332 g/mol. The molecule has 23 heavy (non-hydrogen) atoms. The summed E-state index contributed by atoms with van der Waals surface area (Å²) < 4.78 is 5.54. The zero-order chi connectivity index (χ0) is 16.8. The summed E-state index contributed by atoms with van der Waals surface area (Å²) in [5, 5.41) is 1.03. The van der Waals surface area contributed by atoms with Crippen molar-refractivity contribution in [2.75, 3.05) is 20.3 Å². The number of hydrogen-bond acceptors (Lipinski definition) is 4. The molecule has 0 fully saturated rings. The van der Waals surface area contributed by atoms with E-state index in [2.05, 4.69) is 17.1 Å². The van der Waals surface area contributed by atoms with Crippen molar-refractivity contribution < 1.29 is 9.53 Å². The van der Waals surface area contributed by atoms with E-state index in [1.54, 1.807) is 16.2 Å². The summed E-state index contributed by atoms with van der Waals surface area (Å²) in [4.78, 5) is 19.6. The minimum Gasteiger partial charge on any atom is -0.371 e. The molecule has 2 rings (SSSR count). The first kappa shape index (κ1) is 17.6. The summed E-state index contributed by atoms with van der Waals surface area (Å²) in [5.41, 5.74) is 2.22. The molecular formula is C18H24N2O2S. The molecule has 1 atom stereocenters. The van der Waals surface area contributed by atoms with Crippen LogP contribution in [0.1, 0.15) is 34.1 Å². The van der Waals surface area contributed by atoms with Gasteiger partial charge in [0.15, 0.2) is 0 Å². The Labute approximate surface area is 142 Å². The largest absolute Gasteiger partial charge is 0.371 e. The quantitative estimate of drug-likeness (QED) is 0.728. The molecule has 0 aliphatic rings. The molecular weight excluding hydrogens is 308 g/mol. The van der Waals surface area contributed by atoms with Crippen molar-refractivity contribution in [1.82, 2.24) is 9.88 Å². The second-order valence-electron chi connectivity index (χ2n) is 5.65. The van der Waals surface area contributed by atoms with E-state index in [0.29, 0.717) is 6.61 Å². The highest BCUT2D eigenvalue weighted by atomic mass is 32.1. The minimum atomic E-state index is -0.00369. The highest BCUT2D eigenvalue weighted by molar-refractivity contribution is 7.11. The molecule has 1 unspecified atom stereocenters. The number of nitrogens with zero attached hydrogens (tertiary/aromatic N) is 2. The summed E-state index contributed by atoms with van der Waals surface area (Å²) in [6.45, 7) is 6.68. The van der Waals surface area contributed by atoms with Crippen molar-refractivity contribution in [1.29, 1.82) is 0 Å². The standard InChI is InChI=1S/C18H24N2O2S/c1-13-18(23-15(3)19-13)14(2)20(4)17(21)12-22-11-10-16-8-6-5-7-9-16/h5-9,14H,10-12H2,1-4H3. The SMILES string of the molecule is Cc1nc(C)c(C(C)N(C)C(=O)COCCc2ccccc2)s1. The summed E-state index contributed by atoms with van der Waals surface area (Å²) in [5.74, 6) is -0.00369. The van der Waals surface area contributed by atoms with Crippen molar-refractivity contribution in [3.05, 3.63) is 51.5 Å². The molecule has 0 aliphatic carbocycles. The zero-order valence-corrected chi connectivity index (χ0v) is 15.0. The van der Waals surface area contributed by atoms with Gasteiger partial charge in [0.2, 0.25) is 5.91 Å².